The second kappa shape index (κ2) is 20.7. The van der Waals surface area contributed by atoms with Gasteiger partial charge in [-0.25, -0.2) is 0 Å². The van der Waals surface area contributed by atoms with E-state index in [9.17, 15) is 24.0 Å². The van der Waals surface area contributed by atoms with Crippen LogP contribution in [0, 0.1) is 12.8 Å². The fourth-order valence-corrected chi connectivity index (χ4v) is 6.23. The largest absolute Gasteiger partial charge is 0.497 e. The number of hydrogen-bond donors (Lipinski definition) is 5. The number of amides is 4. The molecule has 3 aromatic rings. The number of fused-ring (bicyclic) bond motifs is 1. The van der Waals surface area contributed by atoms with Crippen molar-refractivity contribution in [2.45, 2.75) is 84.5 Å². The van der Waals surface area contributed by atoms with Gasteiger partial charge < -0.3 is 35.7 Å². The highest BCUT2D eigenvalue weighted by molar-refractivity contribution is 5.94. The topological polar surface area (TPSA) is 190 Å². The molecule has 4 rings (SSSR count). The Labute approximate surface area is 310 Å². The molecule has 1 aliphatic rings. The zero-order valence-electron chi connectivity index (χ0n) is 31.6. The lowest BCUT2D eigenvalue weighted by Crippen LogP contribution is -2.57. The molecule has 1 fully saturated rings. The Bertz CT molecular complexity index is 1760. The van der Waals surface area contributed by atoms with Crippen LogP contribution in [0.1, 0.15) is 63.1 Å². The number of para-hydroxylation sites is 1. The Morgan fingerprint density at radius 1 is 0.962 bits per heavy atom. The molecule has 1 unspecified atom stereocenters. The van der Waals surface area contributed by atoms with Crippen LogP contribution in [-0.4, -0.2) is 102 Å². The molecular weight excluding hydrogens is 680 g/mol. The third-order valence-corrected chi connectivity index (χ3v) is 9.27. The molecule has 1 saturated heterocycles. The molecule has 0 saturated carbocycles. The van der Waals surface area contributed by atoms with Crippen LogP contribution in [0.4, 0.5) is 0 Å². The van der Waals surface area contributed by atoms with E-state index in [2.05, 4.69) is 25.8 Å². The van der Waals surface area contributed by atoms with Crippen molar-refractivity contribution in [2.75, 3.05) is 33.8 Å². The second-order valence-corrected chi connectivity index (χ2v) is 13.8. The molecule has 0 radical (unpaired) electrons. The zero-order valence-corrected chi connectivity index (χ0v) is 31.6. The minimum absolute atomic E-state index is 0.0883. The maximum atomic E-state index is 13.9. The number of likely N-dealkylation sites (N-methyl/N-ethyl adjacent to an activating group) is 1. The Hall–Kier alpha value is -5.24. The fraction of sp³-hybridized carbons (Fsp3) is 0.487. The minimum atomic E-state index is -0.975. The quantitative estimate of drug-likeness (QED) is 0.227. The normalized spacial score (nSPS) is 20.0. The predicted molar refractivity (Wildman–Crippen MR) is 202 cm³/mol. The summed E-state index contributed by atoms with van der Waals surface area (Å²) in [5.41, 5.74) is 3.05. The molecule has 14 nitrogen and oxygen atoms in total. The van der Waals surface area contributed by atoms with Gasteiger partial charge in [-0.3, -0.25) is 33.7 Å². The number of hydrogen-bond acceptors (Lipinski definition) is 8. The van der Waals surface area contributed by atoms with Crippen LogP contribution in [-0.2, 0) is 36.9 Å². The molecule has 5 N–H and O–H groups in total. The highest BCUT2D eigenvalue weighted by Gasteiger charge is 2.32. The number of ether oxygens (including phenoxy) is 1. The third kappa shape index (κ3) is 12.7. The van der Waals surface area contributed by atoms with Crippen molar-refractivity contribution >= 4 is 41.0 Å². The summed E-state index contributed by atoms with van der Waals surface area (Å²) in [4.78, 5) is 82.0. The van der Waals surface area contributed by atoms with Gasteiger partial charge in [0.05, 0.1) is 12.6 Å². The first-order chi connectivity index (χ1) is 25.3. The summed E-state index contributed by atoms with van der Waals surface area (Å²) in [5, 5.41) is 16.6. The van der Waals surface area contributed by atoms with E-state index in [1.54, 1.807) is 33.2 Å². The Balaban J connectivity index is 0.00000243. The van der Waals surface area contributed by atoms with Crippen molar-refractivity contribution < 1.29 is 33.8 Å². The highest BCUT2D eigenvalue weighted by atomic mass is 16.5. The number of pyridine rings is 1. The van der Waals surface area contributed by atoms with E-state index in [-0.39, 0.29) is 42.6 Å². The molecule has 2 aromatic carbocycles. The summed E-state index contributed by atoms with van der Waals surface area (Å²) in [7, 11) is 3.12. The van der Waals surface area contributed by atoms with E-state index in [1.807, 2.05) is 57.2 Å². The van der Waals surface area contributed by atoms with E-state index in [1.165, 1.54) is 4.90 Å². The number of aromatic nitrogens is 1. The molecule has 53 heavy (non-hydrogen) atoms. The summed E-state index contributed by atoms with van der Waals surface area (Å²) < 4.78 is 5.26. The average Bonchev–Trinajstić information content (AvgIpc) is 3.12. The number of methoxy groups -OCH3 is 1. The van der Waals surface area contributed by atoms with Gasteiger partial charge >= 0.3 is 0 Å². The van der Waals surface area contributed by atoms with Crippen LogP contribution in [0.15, 0.2) is 53.3 Å². The van der Waals surface area contributed by atoms with Crippen LogP contribution in [0.25, 0.3) is 10.9 Å². The predicted octanol–water partition coefficient (Wildman–Crippen LogP) is 2.75. The molecular formula is C39H54N6O8. The van der Waals surface area contributed by atoms with E-state index in [0.717, 1.165) is 22.0 Å². The van der Waals surface area contributed by atoms with Crippen molar-refractivity contribution in [1.29, 1.82) is 0 Å². The van der Waals surface area contributed by atoms with Crippen LogP contribution >= 0.6 is 0 Å². The number of H-pyrrole nitrogens is 1. The lowest BCUT2D eigenvalue weighted by atomic mass is 10.00. The lowest BCUT2D eigenvalue weighted by molar-refractivity contribution is -0.141. The average molecular weight is 735 g/mol. The summed E-state index contributed by atoms with van der Waals surface area (Å²) >= 11 is 0. The third-order valence-electron chi connectivity index (χ3n) is 9.27. The Morgan fingerprint density at radius 2 is 1.64 bits per heavy atom. The molecule has 0 aliphatic carbocycles. The summed E-state index contributed by atoms with van der Waals surface area (Å²) in [6, 6.07) is 12.4. The van der Waals surface area contributed by atoms with Gasteiger partial charge in [-0.15, -0.1) is 0 Å². The monoisotopic (exact) mass is 734 g/mol. The Kier molecular flexibility index (Phi) is 16.5. The second-order valence-electron chi connectivity index (χ2n) is 13.8. The van der Waals surface area contributed by atoms with E-state index >= 15 is 0 Å². The van der Waals surface area contributed by atoms with Gasteiger partial charge in [-0.2, -0.15) is 0 Å². The van der Waals surface area contributed by atoms with E-state index in [4.69, 9.17) is 14.6 Å². The maximum Gasteiger partial charge on any atom is 0.290 e. The number of aromatic amines is 1. The van der Waals surface area contributed by atoms with Crippen molar-refractivity contribution in [3.8, 4) is 5.75 Å². The minimum Gasteiger partial charge on any atom is -0.497 e. The van der Waals surface area contributed by atoms with Crippen LogP contribution in [0.3, 0.4) is 0 Å². The zero-order chi connectivity index (χ0) is 39.1. The molecule has 1 aromatic heterocycles. The number of carboxylic acid groups (broad SMARTS) is 1. The first-order valence-electron chi connectivity index (χ1n) is 18.0. The van der Waals surface area contributed by atoms with Gasteiger partial charge in [-0.1, -0.05) is 44.2 Å². The number of nitrogens with one attached hydrogen (secondary N) is 4. The summed E-state index contributed by atoms with van der Waals surface area (Å²) in [6.07, 6.45) is 1.84. The molecule has 288 valence electrons. The molecule has 14 heteroatoms. The van der Waals surface area contributed by atoms with Crippen molar-refractivity contribution in [3.05, 3.63) is 75.6 Å². The van der Waals surface area contributed by atoms with Crippen LogP contribution < -0.4 is 26.2 Å². The number of benzene rings is 2. The lowest BCUT2D eigenvalue weighted by Gasteiger charge is -2.30. The van der Waals surface area contributed by atoms with Crippen molar-refractivity contribution in [3.63, 3.8) is 0 Å². The molecule has 1 aliphatic heterocycles. The van der Waals surface area contributed by atoms with Gasteiger partial charge in [-0.05, 0) is 80.3 Å². The van der Waals surface area contributed by atoms with Gasteiger partial charge in [0.1, 0.15) is 23.9 Å². The Morgan fingerprint density at radius 3 is 2.30 bits per heavy atom. The molecule has 0 spiro atoms. The number of aryl methyl sites for hydroxylation is 1. The molecule has 0 bridgehead atoms. The fourth-order valence-electron chi connectivity index (χ4n) is 6.23. The molecule has 4 amide bonds. The van der Waals surface area contributed by atoms with Gasteiger partial charge in [0.25, 0.3) is 12.0 Å². The van der Waals surface area contributed by atoms with Gasteiger partial charge in [0.15, 0.2) is 0 Å². The van der Waals surface area contributed by atoms with Gasteiger partial charge in [0.2, 0.25) is 23.6 Å². The highest BCUT2D eigenvalue weighted by Crippen LogP contribution is 2.17. The summed E-state index contributed by atoms with van der Waals surface area (Å²) in [5.74, 6) is -0.703. The van der Waals surface area contributed by atoms with E-state index < -0.39 is 29.9 Å². The van der Waals surface area contributed by atoms with Crippen LogP contribution in [0.5, 0.6) is 5.75 Å². The standard InChI is InChI=1S/C38H52N6O6.CH2O2/c1-24(2)20-31-37(48)41-32(21-27-13-15-30(50-6)16-14-27)38(49)43(5)26(4)35(46)39-17-9-19-44(18-8-12-33(45)40-31)23-29-22-28-11-7-10-25(3)34(28)42-36(29)47;2-1-3/h7,10-11,13-16,22,24,26,31-32H,8-9,12,17-21,23H2,1-6H3,(H,39,46)(H,40,45)(H,41,48)(H,42,47);1H,(H,2,3)/t26-,31?,32-;/m0./s1. The summed E-state index contributed by atoms with van der Waals surface area (Å²) in [6.45, 7) is 9.12. The first kappa shape index (κ1) is 42.2. The first-order valence-corrected chi connectivity index (χ1v) is 18.0. The van der Waals surface area contributed by atoms with E-state index in [0.29, 0.717) is 56.8 Å². The molecule has 2 heterocycles. The van der Waals surface area contributed by atoms with Gasteiger partial charge in [0, 0.05) is 45.1 Å². The number of rotatable bonds is 7. The number of nitrogens with zero attached hydrogens (tertiary/aromatic N) is 2. The number of carbonyl (C=O) groups excluding carboxylic acids is 4. The smallest absolute Gasteiger partial charge is 0.290 e. The molecule has 3 atom stereocenters. The van der Waals surface area contributed by atoms with Crippen LogP contribution in [0.2, 0.25) is 0 Å². The maximum absolute atomic E-state index is 13.9. The van der Waals surface area contributed by atoms with Crippen molar-refractivity contribution in [2.24, 2.45) is 5.92 Å². The number of carbonyl (C=O) groups is 5. The SMILES string of the molecule is COc1ccc(C[C@@H]2NC(=O)C(CC(C)C)NC(=O)CCCN(Cc3cc4cccc(C)c4[nH]c3=O)CCCNC(=O)[C@H](C)N(C)C2=O)cc1.O=CO. The van der Waals surface area contributed by atoms with Crippen molar-refractivity contribution in [1.82, 2.24) is 30.7 Å².